The zero-order valence-electron chi connectivity index (χ0n) is 25.3. The molecule has 1 aliphatic carbocycles. The molecular formula is C36H44O6S. The van der Waals surface area contributed by atoms with Crippen molar-refractivity contribution in [2.45, 2.75) is 76.9 Å². The van der Waals surface area contributed by atoms with Gasteiger partial charge in [-0.25, -0.2) is 0 Å². The molecule has 6 nitrogen and oxygen atoms in total. The smallest absolute Gasteiger partial charge is 0.303 e. The van der Waals surface area contributed by atoms with Crippen molar-refractivity contribution in [1.82, 2.24) is 0 Å². The fraction of sp³-hybridized carbons (Fsp3) is 0.444. The van der Waals surface area contributed by atoms with Crippen molar-refractivity contribution in [3.05, 3.63) is 89.0 Å². The average Bonchev–Trinajstić information content (AvgIpc) is 3.75. The second-order valence-corrected chi connectivity index (χ2v) is 12.8. The minimum atomic E-state index is -0.698. The van der Waals surface area contributed by atoms with Crippen LogP contribution in [-0.2, 0) is 17.6 Å². The molecule has 0 radical (unpaired) electrons. The molecule has 0 amide bonds. The van der Waals surface area contributed by atoms with Gasteiger partial charge in [0.25, 0.3) is 0 Å². The molecule has 2 N–H and O–H groups in total. The van der Waals surface area contributed by atoms with E-state index in [4.69, 9.17) is 9.47 Å². The molecule has 0 aliphatic heterocycles. The molecule has 3 aromatic rings. The third-order valence-electron chi connectivity index (χ3n) is 8.03. The first-order valence-electron chi connectivity index (χ1n) is 15.4. The Hall–Kier alpha value is -3.45. The van der Waals surface area contributed by atoms with E-state index >= 15 is 0 Å². The van der Waals surface area contributed by atoms with E-state index < -0.39 is 5.97 Å². The molecule has 3 aromatic carbocycles. The van der Waals surface area contributed by atoms with Crippen LogP contribution in [-0.4, -0.2) is 40.9 Å². The number of carboxylic acid groups (broad SMARTS) is 1. The second kappa shape index (κ2) is 15.9. The molecule has 0 saturated heterocycles. The van der Waals surface area contributed by atoms with Crippen LogP contribution in [0.3, 0.4) is 0 Å². The number of aromatic hydroxyl groups is 1. The van der Waals surface area contributed by atoms with Crippen molar-refractivity contribution >= 4 is 23.5 Å². The number of ether oxygens (including phenoxy) is 2. The van der Waals surface area contributed by atoms with Crippen LogP contribution in [0.25, 0.3) is 0 Å². The van der Waals surface area contributed by atoms with Crippen molar-refractivity contribution < 1.29 is 29.3 Å². The van der Waals surface area contributed by atoms with Crippen molar-refractivity contribution in [3.8, 4) is 17.2 Å². The van der Waals surface area contributed by atoms with Crippen LogP contribution in [0.5, 0.6) is 17.2 Å². The van der Waals surface area contributed by atoms with Crippen molar-refractivity contribution in [2.24, 2.45) is 5.41 Å². The summed E-state index contributed by atoms with van der Waals surface area (Å²) >= 11 is 1.90. The summed E-state index contributed by atoms with van der Waals surface area (Å²) < 4.78 is 11.9. The second-order valence-electron chi connectivity index (χ2n) is 11.6. The SMILES string of the molecule is CCCc1c(OCCCOc2ccc(C(CCCc3ccccc3)SCC3(CC(=O)O)CC3)cc2)ccc(C(C)=O)c1O. The van der Waals surface area contributed by atoms with Crippen molar-refractivity contribution in [2.75, 3.05) is 19.0 Å². The third kappa shape index (κ3) is 9.78. The zero-order chi connectivity index (χ0) is 30.7. The van der Waals surface area contributed by atoms with Crippen LogP contribution in [0.4, 0.5) is 0 Å². The molecule has 4 rings (SSSR count). The maximum absolute atomic E-state index is 11.8. The lowest BCUT2D eigenvalue weighted by atomic mass is 10.0. The standard InChI is InChI=1S/C36H44O6S/c1-3-9-31-32(19-18-30(26(2)37)35(31)40)42-23-8-22-41-29-16-14-28(15-17-29)33(13-7-12-27-10-5-4-6-11-27)43-25-36(20-21-36)24-34(38)39/h4-6,10-11,14-19,33,40H,3,7-9,12-13,20-25H2,1-2H3,(H,38,39). The number of rotatable bonds is 19. The molecule has 1 atom stereocenters. The zero-order valence-corrected chi connectivity index (χ0v) is 26.2. The van der Waals surface area contributed by atoms with Crippen molar-refractivity contribution in [3.63, 3.8) is 0 Å². The third-order valence-corrected chi connectivity index (χ3v) is 9.72. The highest BCUT2D eigenvalue weighted by molar-refractivity contribution is 7.99. The average molecular weight is 605 g/mol. The molecule has 43 heavy (non-hydrogen) atoms. The van der Waals surface area contributed by atoms with E-state index in [1.807, 2.05) is 36.9 Å². The number of benzene rings is 3. The van der Waals surface area contributed by atoms with Gasteiger partial charge >= 0.3 is 5.97 Å². The number of phenols is 1. The summed E-state index contributed by atoms with van der Waals surface area (Å²) in [6, 6.07) is 22.2. The first-order valence-corrected chi connectivity index (χ1v) is 16.4. The predicted octanol–water partition coefficient (Wildman–Crippen LogP) is 8.45. The Balaban J connectivity index is 1.29. The van der Waals surface area contributed by atoms with E-state index in [2.05, 4.69) is 36.4 Å². The summed E-state index contributed by atoms with van der Waals surface area (Å²) in [7, 11) is 0. The number of thioether (sulfide) groups is 1. The normalized spacial score (nSPS) is 14.2. The number of aryl methyl sites for hydroxylation is 1. The lowest BCUT2D eigenvalue weighted by Crippen LogP contribution is -2.12. The molecule has 7 heteroatoms. The van der Waals surface area contributed by atoms with Crippen LogP contribution in [0, 0.1) is 5.41 Å². The van der Waals surface area contributed by atoms with Gasteiger partial charge in [0, 0.05) is 23.0 Å². The molecular weight excluding hydrogens is 560 g/mol. The highest BCUT2D eigenvalue weighted by atomic mass is 32.2. The largest absolute Gasteiger partial charge is 0.507 e. The van der Waals surface area contributed by atoms with E-state index in [1.165, 1.54) is 18.1 Å². The molecule has 230 valence electrons. The Morgan fingerprint density at radius 3 is 2.30 bits per heavy atom. The predicted molar refractivity (Wildman–Crippen MR) is 173 cm³/mol. The highest BCUT2D eigenvalue weighted by Crippen LogP contribution is 2.53. The van der Waals surface area contributed by atoms with Crippen LogP contribution < -0.4 is 9.47 Å². The van der Waals surface area contributed by atoms with Crippen molar-refractivity contribution in [1.29, 1.82) is 0 Å². The van der Waals surface area contributed by atoms with Gasteiger partial charge in [-0.1, -0.05) is 55.8 Å². The molecule has 1 aliphatic rings. The quantitative estimate of drug-likeness (QED) is 0.105. The van der Waals surface area contributed by atoms with E-state index in [1.54, 1.807) is 12.1 Å². The summed E-state index contributed by atoms with van der Waals surface area (Å²) in [4.78, 5) is 23.2. The molecule has 1 saturated carbocycles. The summed E-state index contributed by atoms with van der Waals surface area (Å²) in [5.41, 5.74) is 3.56. The topological polar surface area (TPSA) is 93.1 Å². The minimum absolute atomic E-state index is 0.0221. The molecule has 0 bridgehead atoms. The van der Waals surface area contributed by atoms with Gasteiger partial charge in [0.1, 0.15) is 17.2 Å². The Morgan fingerprint density at radius 2 is 1.65 bits per heavy atom. The van der Waals surface area contributed by atoms with E-state index in [0.717, 1.165) is 50.0 Å². The summed E-state index contributed by atoms with van der Waals surface area (Å²) in [5, 5.41) is 20.2. The number of hydrogen-bond acceptors (Lipinski definition) is 6. The Bertz CT molecular complexity index is 1330. The number of Topliss-reactive ketones (excluding diaryl/α,β-unsaturated/α-hetero) is 1. The van der Waals surface area contributed by atoms with Gasteiger partial charge in [-0.05, 0) is 86.3 Å². The fourth-order valence-corrected chi connectivity index (χ4v) is 7.00. The number of hydrogen-bond donors (Lipinski definition) is 2. The highest BCUT2D eigenvalue weighted by Gasteiger charge is 2.44. The molecule has 0 heterocycles. The number of aliphatic carboxylic acids is 1. The Kier molecular flexibility index (Phi) is 12.0. The maximum atomic E-state index is 11.8. The first kappa shape index (κ1) is 32.5. The van der Waals surface area contributed by atoms with E-state index in [0.29, 0.717) is 48.2 Å². The van der Waals surface area contributed by atoms with E-state index in [-0.39, 0.29) is 23.4 Å². The summed E-state index contributed by atoms with van der Waals surface area (Å²) in [6.07, 6.45) is 7.54. The minimum Gasteiger partial charge on any atom is -0.507 e. The molecule has 1 fully saturated rings. The van der Waals surface area contributed by atoms with Crippen LogP contribution in [0.15, 0.2) is 66.7 Å². The maximum Gasteiger partial charge on any atom is 0.303 e. The van der Waals surface area contributed by atoms with Gasteiger partial charge in [0.15, 0.2) is 5.78 Å². The van der Waals surface area contributed by atoms with Crippen LogP contribution >= 0.6 is 11.8 Å². The fourth-order valence-electron chi connectivity index (χ4n) is 5.37. The lowest BCUT2D eigenvalue weighted by molar-refractivity contribution is -0.138. The van der Waals surface area contributed by atoms with E-state index in [9.17, 15) is 19.8 Å². The number of carboxylic acids is 1. The number of ketones is 1. The van der Waals surface area contributed by atoms with Crippen LogP contribution in [0.1, 0.15) is 91.1 Å². The van der Waals surface area contributed by atoms with Gasteiger partial charge in [0.2, 0.25) is 0 Å². The monoisotopic (exact) mass is 604 g/mol. The van der Waals surface area contributed by atoms with Crippen LogP contribution in [0.2, 0.25) is 0 Å². The van der Waals surface area contributed by atoms with Gasteiger partial charge in [-0.2, -0.15) is 11.8 Å². The molecule has 0 aromatic heterocycles. The first-order chi connectivity index (χ1) is 20.8. The summed E-state index contributed by atoms with van der Waals surface area (Å²) in [5.74, 6) is 1.45. The lowest BCUT2D eigenvalue weighted by Gasteiger charge is -2.21. The summed E-state index contributed by atoms with van der Waals surface area (Å²) in [6.45, 7) is 4.40. The number of carbonyl (C=O) groups is 2. The molecule has 0 spiro atoms. The van der Waals surface area contributed by atoms with Gasteiger partial charge < -0.3 is 19.7 Å². The number of phenolic OH excluding ortho intramolecular Hbond substituents is 1. The number of carbonyl (C=O) groups excluding carboxylic acids is 1. The Morgan fingerprint density at radius 1 is 0.930 bits per heavy atom. The van der Waals surface area contributed by atoms with Gasteiger partial charge in [-0.15, -0.1) is 0 Å². The molecule has 1 unspecified atom stereocenters. The van der Waals surface area contributed by atoms with Gasteiger partial charge in [0.05, 0.1) is 25.2 Å². The Labute approximate surface area is 259 Å². The van der Waals surface area contributed by atoms with Gasteiger partial charge in [-0.3, -0.25) is 9.59 Å².